The summed E-state index contributed by atoms with van der Waals surface area (Å²) in [6.07, 6.45) is 1.89. The lowest BCUT2D eigenvalue weighted by atomic mass is 9.83. The summed E-state index contributed by atoms with van der Waals surface area (Å²) in [5.41, 5.74) is -0.189. The quantitative estimate of drug-likeness (QED) is 0.487. The van der Waals surface area contributed by atoms with Gasteiger partial charge in [-0.15, -0.1) is 5.10 Å². The fourth-order valence-electron chi connectivity index (χ4n) is 2.51. The first-order chi connectivity index (χ1) is 8.91. The maximum Gasteiger partial charge on any atom is 0.190 e. The van der Waals surface area contributed by atoms with E-state index in [-0.39, 0.29) is 0 Å². The summed E-state index contributed by atoms with van der Waals surface area (Å²) in [6, 6.07) is 3.60. The fraction of sp³-hybridized carbons (Fsp3) is 0.667. The number of nitrogen functional groups attached to an aromatic ring is 1. The average molecular weight is 266 g/mol. The number of rotatable bonds is 2. The van der Waals surface area contributed by atoms with E-state index >= 15 is 0 Å². The third-order valence-electron chi connectivity index (χ3n) is 3.78. The Bertz CT molecular complexity index is 496. The van der Waals surface area contributed by atoms with Crippen LogP contribution in [0.15, 0.2) is 17.2 Å². The van der Waals surface area contributed by atoms with Crippen LogP contribution in [0.1, 0.15) is 26.7 Å². The number of hydrogen-bond acceptors (Lipinski definition) is 6. The molecule has 0 spiro atoms. The molecule has 0 atom stereocenters. The van der Waals surface area contributed by atoms with Crippen molar-refractivity contribution in [3.63, 3.8) is 0 Å². The summed E-state index contributed by atoms with van der Waals surface area (Å²) in [5, 5.41) is 17.8. The summed E-state index contributed by atoms with van der Waals surface area (Å²) >= 11 is 0. The predicted molar refractivity (Wildman–Crippen MR) is 73.4 cm³/mol. The number of nitrogens with zero attached hydrogens (tertiary/aromatic N) is 4. The van der Waals surface area contributed by atoms with Crippen molar-refractivity contribution >= 4 is 5.82 Å². The lowest BCUT2D eigenvalue weighted by Crippen LogP contribution is -2.43. The van der Waals surface area contributed by atoms with Crippen molar-refractivity contribution in [3.05, 3.63) is 17.6 Å². The van der Waals surface area contributed by atoms with Crippen LogP contribution in [-0.4, -0.2) is 33.7 Å². The molecule has 1 aromatic rings. The number of hydrogen-bond donors (Lipinski definition) is 3. The Morgan fingerprint density at radius 1 is 1.37 bits per heavy atom. The third kappa shape index (κ3) is 2.98. The minimum atomic E-state index is -0.615. The van der Waals surface area contributed by atoms with E-state index in [1.165, 1.54) is 4.79 Å². The summed E-state index contributed by atoms with van der Waals surface area (Å²) in [7, 11) is 0. The van der Waals surface area contributed by atoms with Crippen LogP contribution in [0.3, 0.4) is 0 Å². The van der Waals surface area contributed by atoms with Gasteiger partial charge in [0, 0.05) is 13.1 Å². The smallest absolute Gasteiger partial charge is 0.190 e. The van der Waals surface area contributed by atoms with E-state index in [4.69, 9.17) is 11.7 Å². The number of aliphatic hydroxyl groups is 1. The van der Waals surface area contributed by atoms with Crippen molar-refractivity contribution in [2.45, 2.75) is 32.3 Å². The van der Waals surface area contributed by atoms with Crippen LogP contribution < -0.4 is 22.1 Å². The topological polar surface area (TPSA) is 106 Å². The minimum Gasteiger partial charge on any atom is -0.390 e. The van der Waals surface area contributed by atoms with Crippen LogP contribution in [-0.2, 0) is 0 Å². The zero-order valence-corrected chi connectivity index (χ0v) is 11.5. The first kappa shape index (κ1) is 13.7. The monoisotopic (exact) mass is 266 g/mol. The molecule has 1 fully saturated rings. The SMILES string of the molecule is CC(C)(O)C1CCN(c2cc/c(=N/N)n(N)n2)CC1. The van der Waals surface area contributed by atoms with Crippen molar-refractivity contribution in [3.8, 4) is 0 Å². The maximum atomic E-state index is 10.0. The van der Waals surface area contributed by atoms with Gasteiger partial charge in [0.15, 0.2) is 11.3 Å². The molecule has 0 unspecified atom stereocenters. The van der Waals surface area contributed by atoms with Gasteiger partial charge in [-0.2, -0.15) is 9.89 Å². The van der Waals surface area contributed by atoms with E-state index in [0.717, 1.165) is 31.7 Å². The Hall–Kier alpha value is -1.76. The summed E-state index contributed by atoms with van der Waals surface area (Å²) in [4.78, 5) is 3.34. The maximum absolute atomic E-state index is 10.0. The zero-order chi connectivity index (χ0) is 14.0. The van der Waals surface area contributed by atoms with Crippen LogP contribution >= 0.6 is 0 Å². The molecular formula is C12H22N6O. The van der Waals surface area contributed by atoms with Crippen molar-refractivity contribution in [1.29, 1.82) is 0 Å². The van der Waals surface area contributed by atoms with E-state index in [2.05, 4.69) is 15.1 Å². The molecule has 5 N–H and O–H groups in total. The van der Waals surface area contributed by atoms with Crippen molar-refractivity contribution < 1.29 is 5.11 Å². The molecule has 1 aliphatic rings. The van der Waals surface area contributed by atoms with Gasteiger partial charge in [-0.1, -0.05) is 0 Å². The predicted octanol–water partition coefficient (Wildman–Crippen LogP) is -0.641. The van der Waals surface area contributed by atoms with E-state index in [0.29, 0.717) is 11.4 Å². The van der Waals surface area contributed by atoms with Gasteiger partial charge in [0.05, 0.1) is 5.60 Å². The number of piperidine rings is 1. The van der Waals surface area contributed by atoms with Crippen LogP contribution in [0.2, 0.25) is 0 Å². The molecule has 0 aromatic carbocycles. The second kappa shape index (κ2) is 5.08. The first-order valence-corrected chi connectivity index (χ1v) is 6.48. The molecule has 1 saturated heterocycles. The molecule has 2 rings (SSSR count). The van der Waals surface area contributed by atoms with Crippen LogP contribution in [0.5, 0.6) is 0 Å². The van der Waals surface area contributed by atoms with Gasteiger partial charge in [0.25, 0.3) is 0 Å². The van der Waals surface area contributed by atoms with Gasteiger partial charge in [0.1, 0.15) is 0 Å². The van der Waals surface area contributed by atoms with Crippen LogP contribution in [0.4, 0.5) is 5.82 Å². The Balaban J connectivity index is 2.08. The minimum absolute atomic E-state index is 0.326. The summed E-state index contributed by atoms with van der Waals surface area (Å²) in [6.45, 7) is 5.47. The van der Waals surface area contributed by atoms with Gasteiger partial charge in [-0.25, -0.2) is 0 Å². The molecular weight excluding hydrogens is 244 g/mol. The van der Waals surface area contributed by atoms with Gasteiger partial charge in [-0.3, -0.25) is 0 Å². The van der Waals surface area contributed by atoms with Gasteiger partial charge >= 0.3 is 0 Å². The number of aromatic nitrogens is 2. The molecule has 2 heterocycles. The number of nitrogens with two attached hydrogens (primary N) is 2. The third-order valence-corrected chi connectivity index (χ3v) is 3.78. The first-order valence-electron chi connectivity index (χ1n) is 6.48. The van der Waals surface area contributed by atoms with E-state index < -0.39 is 5.60 Å². The second-order valence-corrected chi connectivity index (χ2v) is 5.54. The molecule has 0 amide bonds. The Kier molecular flexibility index (Phi) is 3.66. The van der Waals surface area contributed by atoms with Gasteiger partial charge < -0.3 is 21.7 Å². The molecule has 7 heteroatoms. The normalized spacial score (nSPS) is 18.9. The highest BCUT2D eigenvalue weighted by molar-refractivity contribution is 5.37. The van der Waals surface area contributed by atoms with Crippen molar-refractivity contribution in [2.24, 2.45) is 16.9 Å². The molecule has 0 aliphatic carbocycles. The fourth-order valence-corrected chi connectivity index (χ4v) is 2.51. The van der Waals surface area contributed by atoms with Gasteiger partial charge in [-0.05, 0) is 44.7 Å². The zero-order valence-electron chi connectivity index (χ0n) is 11.5. The van der Waals surface area contributed by atoms with Crippen LogP contribution in [0.25, 0.3) is 0 Å². The van der Waals surface area contributed by atoms with E-state index in [1.54, 1.807) is 6.07 Å². The largest absolute Gasteiger partial charge is 0.390 e. The Labute approximate surface area is 112 Å². The molecule has 7 nitrogen and oxygen atoms in total. The molecule has 0 bridgehead atoms. The number of anilines is 1. The lowest BCUT2D eigenvalue weighted by molar-refractivity contribution is 0.00644. The summed E-state index contributed by atoms with van der Waals surface area (Å²) in [5.74, 6) is 12.0. The summed E-state index contributed by atoms with van der Waals surface area (Å²) < 4.78 is 0. The molecule has 1 aromatic heterocycles. The van der Waals surface area contributed by atoms with E-state index in [1.807, 2.05) is 19.9 Å². The highest BCUT2D eigenvalue weighted by atomic mass is 16.3. The molecule has 1 aliphatic heterocycles. The Morgan fingerprint density at radius 3 is 2.47 bits per heavy atom. The van der Waals surface area contributed by atoms with Gasteiger partial charge in [0.2, 0.25) is 0 Å². The Morgan fingerprint density at radius 2 is 2.00 bits per heavy atom. The molecule has 19 heavy (non-hydrogen) atoms. The van der Waals surface area contributed by atoms with E-state index in [9.17, 15) is 5.11 Å². The standard InChI is InChI=1S/C12H22N6O/c1-12(2,19)9-5-7-17(8-6-9)11-4-3-10(15-13)18(14)16-11/h3-4,9,19H,5-8,13-14H2,1-2H3/b15-10-. The average Bonchev–Trinajstić information content (AvgIpc) is 2.38. The van der Waals surface area contributed by atoms with Crippen molar-refractivity contribution in [2.75, 3.05) is 23.8 Å². The molecule has 0 saturated carbocycles. The second-order valence-electron chi connectivity index (χ2n) is 5.54. The molecule has 0 radical (unpaired) electrons. The van der Waals surface area contributed by atoms with Crippen LogP contribution in [0, 0.1) is 5.92 Å². The van der Waals surface area contributed by atoms with Crippen molar-refractivity contribution in [1.82, 2.24) is 9.89 Å². The lowest BCUT2D eigenvalue weighted by Gasteiger charge is -2.38. The highest BCUT2D eigenvalue weighted by Gasteiger charge is 2.30. The molecule has 106 valence electrons. The highest BCUT2D eigenvalue weighted by Crippen LogP contribution is 2.29.